The van der Waals surface area contributed by atoms with Crippen molar-refractivity contribution in [3.05, 3.63) is 101 Å². The van der Waals surface area contributed by atoms with E-state index >= 15 is 0 Å². The predicted octanol–water partition coefficient (Wildman–Crippen LogP) is 7.12. The first-order chi connectivity index (χ1) is 17.9. The molecule has 0 spiro atoms. The maximum Gasteiger partial charge on any atom is 0.497 e. The Balaban J connectivity index is 0.000000194. The minimum Gasteiger partial charge on any atom is -0.399 e. The van der Waals surface area contributed by atoms with E-state index in [2.05, 4.69) is 25.9 Å². The van der Waals surface area contributed by atoms with Crippen LogP contribution in [0.2, 0.25) is 0 Å². The highest BCUT2D eigenvalue weighted by Gasteiger charge is 2.52. The number of rotatable bonds is 3. The predicted molar refractivity (Wildman–Crippen MR) is 143 cm³/mol. The molecule has 2 aromatic heterocycles. The van der Waals surface area contributed by atoms with Gasteiger partial charge in [0.15, 0.2) is 0 Å². The van der Waals surface area contributed by atoms with Gasteiger partial charge in [0, 0.05) is 41.1 Å². The zero-order valence-corrected chi connectivity index (χ0v) is 22.7. The molecular formula is C28H24BBrF4N2O2. The van der Waals surface area contributed by atoms with Crippen molar-refractivity contribution < 1.29 is 26.9 Å². The van der Waals surface area contributed by atoms with Crippen molar-refractivity contribution in [1.82, 2.24) is 9.97 Å². The van der Waals surface area contributed by atoms with Crippen LogP contribution in [0.1, 0.15) is 27.7 Å². The lowest BCUT2D eigenvalue weighted by Gasteiger charge is -2.32. The molecule has 2 aromatic carbocycles. The summed E-state index contributed by atoms with van der Waals surface area (Å²) >= 11 is 3.01. The van der Waals surface area contributed by atoms with Gasteiger partial charge in [0.25, 0.3) is 0 Å². The fourth-order valence-electron chi connectivity index (χ4n) is 3.68. The molecule has 1 fully saturated rings. The van der Waals surface area contributed by atoms with Gasteiger partial charge in [-0.25, -0.2) is 17.6 Å². The van der Waals surface area contributed by atoms with Gasteiger partial charge in [0.2, 0.25) is 0 Å². The van der Waals surface area contributed by atoms with Crippen LogP contribution in [0.15, 0.2) is 77.5 Å². The van der Waals surface area contributed by atoms with Gasteiger partial charge in [0.1, 0.15) is 23.3 Å². The van der Waals surface area contributed by atoms with Gasteiger partial charge in [-0.1, -0.05) is 12.1 Å². The maximum atomic E-state index is 14.3. The Kier molecular flexibility index (Phi) is 8.06. The molecule has 1 saturated heterocycles. The molecule has 5 rings (SSSR count). The van der Waals surface area contributed by atoms with Crippen LogP contribution in [0, 0.1) is 23.3 Å². The Labute approximate surface area is 227 Å². The van der Waals surface area contributed by atoms with Crippen molar-refractivity contribution in [1.29, 1.82) is 0 Å². The van der Waals surface area contributed by atoms with Gasteiger partial charge in [-0.05, 0) is 80.0 Å². The summed E-state index contributed by atoms with van der Waals surface area (Å²) in [6.07, 6.45) is 3.12. The van der Waals surface area contributed by atoms with Crippen molar-refractivity contribution in [3.63, 3.8) is 0 Å². The van der Waals surface area contributed by atoms with Gasteiger partial charge in [0.05, 0.1) is 27.1 Å². The monoisotopic (exact) mass is 586 g/mol. The summed E-state index contributed by atoms with van der Waals surface area (Å²) in [6, 6.07) is 14.8. The van der Waals surface area contributed by atoms with Gasteiger partial charge in [-0.15, -0.1) is 0 Å². The third kappa shape index (κ3) is 5.82. The Morgan fingerprint density at radius 3 is 1.61 bits per heavy atom. The van der Waals surface area contributed by atoms with Crippen LogP contribution in [0.5, 0.6) is 0 Å². The van der Waals surface area contributed by atoms with Crippen molar-refractivity contribution >= 4 is 28.5 Å². The molecule has 4 aromatic rings. The summed E-state index contributed by atoms with van der Waals surface area (Å²) in [7, 11) is -0.886. The number of nitrogens with zero attached hydrogens (tertiary/aromatic N) is 2. The standard InChI is InChI=1S/C17H18BF2NO2.C11H6BrF2N/c1-16(2)17(3,4)23-18(22-16)12-9-11(13(19)10-14(12)20)15-7-5-6-8-21-15;12-8-5-7(9(13)6-10(8)14)11-3-1-2-4-15-11/h5-10H,1-4H3;1-6H. The van der Waals surface area contributed by atoms with E-state index in [1.165, 1.54) is 12.1 Å². The Morgan fingerprint density at radius 1 is 0.658 bits per heavy atom. The molecule has 0 aliphatic carbocycles. The topological polar surface area (TPSA) is 44.2 Å². The fourth-order valence-corrected chi connectivity index (χ4v) is 4.02. The van der Waals surface area contributed by atoms with Gasteiger partial charge >= 0.3 is 7.12 Å². The molecule has 196 valence electrons. The second kappa shape index (κ2) is 11.0. The van der Waals surface area contributed by atoms with Gasteiger partial charge in [-0.2, -0.15) is 0 Å². The van der Waals surface area contributed by atoms with Gasteiger partial charge < -0.3 is 9.31 Å². The lowest BCUT2D eigenvalue weighted by atomic mass is 9.77. The highest BCUT2D eigenvalue weighted by molar-refractivity contribution is 9.10. The number of pyridine rings is 2. The summed E-state index contributed by atoms with van der Waals surface area (Å²) in [4.78, 5) is 8.12. The summed E-state index contributed by atoms with van der Waals surface area (Å²) in [5, 5.41) is 0. The average Bonchev–Trinajstić information content (AvgIpc) is 3.09. The minimum atomic E-state index is -0.886. The lowest BCUT2D eigenvalue weighted by Crippen LogP contribution is -2.41. The van der Waals surface area contributed by atoms with Crippen LogP contribution < -0.4 is 5.46 Å². The molecule has 3 heterocycles. The first kappa shape index (κ1) is 27.9. The molecule has 0 saturated carbocycles. The normalized spacial score (nSPS) is 15.7. The molecule has 38 heavy (non-hydrogen) atoms. The van der Waals surface area contributed by atoms with Crippen molar-refractivity contribution in [2.75, 3.05) is 0 Å². The van der Waals surface area contributed by atoms with Crippen molar-refractivity contribution in [2.24, 2.45) is 0 Å². The van der Waals surface area contributed by atoms with Crippen LogP contribution in [0.3, 0.4) is 0 Å². The first-order valence-electron chi connectivity index (χ1n) is 11.7. The van der Waals surface area contributed by atoms with E-state index in [0.29, 0.717) is 11.4 Å². The maximum absolute atomic E-state index is 14.3. The van der Waals surface area contributed by atoms with Crippen LogP contribution in [0.4, 0.5) is 17.6 Å². The SMILES string of the molecule is CC1(C)OB(c2cc(-c3ccccn3)c(F)cc2F)OC1(C)C.Fc1cc(F)c(-c2ccccn2)cc1Br. The van der Waals surface area contributed by atoms with E-state index < -0.39 is 41.6 Å². The summed E-state index contributed by atoms with van der Waals surface area (Å²) in [6.45, 7) is 7.53. The zero-order valence-electron chi connectivity index (χ0n) is 21.1. The molecule has 1 aliphatic heterocycles. The summed E-state index contributed by atoms with van der Waals surface area (Å²) in [5.41, 5.74) is 0.401. The van der Waals surface area contributed by atoms with Gasteiger partial charge in [-0.3, -0.25) is 9.97 Å². The number of hydrogen-bond acceptors (Lipinski definition) is 4. The fraction of sp³-hybridized carbons (Fsp3) is 0.214. The van der Waals surface area contributed by atoms with Crippen LogP contribution >= 0.6 is 15.9 Å². The Morgan fingerprint density at radius 2 is 1.13 bits per heavy atom. The van der Waals surface area contributed by atoms with E-state index in [9.17, 15) is 17.6 Å². The highest BCUT2D eigenvalue weighted by atomic mass is 79.9. The number of benzene rings is 2. The second-order valence-electron chi connectivity index (χ2n) is 9.62. The Bertz CT molecular complexity index is 1420. The van der Waals surface area contributed by atoms with E-state index in [-0.39, 0.29) is 21.1 Å². The quantitative estimate of drug-likeness (QED) is 0.146. The highest BCUT2D eigenvalue weighted by Crippen LogP contribution is 2.37. The van der Waals surface area contributed by atoms with E-state index in [4.69, 9.17) is 9.31 Å². The molecule has 0 amide bonds. The molecule has 0 bridgehead atoms. The number of aromatic nitrogens is 2. The Hall–Kier alpha value is -3.08. The van der Waals surface area contributed by atoms with E-state index in [0.717, 1.165) is 12.1 Å². The molecule has 0 N–H and O–H groups in total. The molecule has 10 heteroatoms. The minimum absolute atomic E-state index is 0.172. The largest absolute Gasteiger partial charge is 0.497 e. The van der Waals surface area contributed by atoms with Crippen molar-refractivity contribution in [2.45, 2.75) is 38.9 Å². The van der Waals surface area contributed by atoms with Crippen molar-refractivity contribution in [3.8, 4) is 22.5 Å². The molecule has 0 radical (unpaired) electrons. The average molecular weight is 587 g/mol. The molecule has 0 unspecified atom stereocenters. The van der Waals surface area contributed by atoms with Crippen LogP contribution in [-0.4, -0.2) is 28.3 Å². The summed E-state index contributed by atoms with van der Waals surface area (Å²) in [5.74, 6) is -2.59. The van der Waals surface area contributed by atoms with E-state index in [1.807, 2.05) is 27.7 Å². The third-order valence-corrected chi connectivity index (χ3v) is 7.09. The smallest absolute Gasteiger partial charge is 0.399 e. The molecule has 0 atom stereocenters. The number of halogens is 5. The third-order valence-electron chi connectivity index (χ3n) is 6.49. The van der Waals surface area contributed by atoms with Crippen LogP contribution in [0.25, 0.3) is 22.5 Å². The molecule has 4 nitrogen and oxygen atoms in total. The summed E-state index contributed by atoms with van der Waals surface area (Å²) < 4.78 is 66.7. The molecular weight excluding hydrogens is 563 g/mol. The lowest BCUT2D eigenvalue weighted by molar-refractivity contribution is 0.00578. The van der Waals surface area contributed by atoms with E-state index in [1.54, 1.807) is 48.8 Å². The van der Waals surface area contributed by atoms with Crippen LogP contribution in [-0.2, 0) is 9.31 Å². The number of hydrogen-bond donors (Lipinski definition) is 0. The second-order valence-corrected chi connectivity index (χ2v) is 10.5. The zero-order chi connectivity index (χ0) is 27.7. The molecule has 1 aliphatic rings. The first-order valence-corrected chi connectivity index (χ1v) is 12.5.